The molecule has 1 aromatic rings. The number of rotatable bonds is 6. The number of aliphatic carboxylic acids is 1. The highest BCUT2D eigenvalue weighted by atomic mass is 16.4. The normalized spacial score (nSPS) is 11.8. The molecule has 1 N–H and O–H groups in total. The van der Waals surface area contributed by atoms with Crippen molar-refractivity contribution in [1.82, 2.24) is 0 Å². The van der Waals surface area contributed by atoms with Crippen molar-refractivity contribution in [3.05, 3.63) is 35.9 Å². The Balaban J connectivity index is 2.50. The average Bonchev–Trinajstić information content (AvgIpc) is 2.35. The van der Waals surface area contributed by atoms with Crippen molar-refractivity contribution in [3.63, 3.8) is 0 Å². The fraction of sp³-hybridized carbons (Fsp3) is 0.308. The molecule has 0 bridgehead atoms. The molecule has 0 spiro atoms. The summed E-state index contributed by atoms with van der Waals surface area (Å²) in [5.41, 5.74) is 0.996. The fourth-order valence-corrected chi connectivity index (χ4v) is 1.46. The van der Waals surface area contributed by atoms with E-state index in [0.717, 1.165) is 5.56 Å². The zero-order valence-corrected chi connectivity index (χ0v) is 9.55. The largest absolute Gasteiger partial charge is 0.475 e. The average molecular weight is 234 g/mol. The molecule has 4 nitrogen and oxygen atoms in total. The van der Waals surface area contributed by atoms with E-state index < -0.39 is 17.7 Å². The van der Waals surface area contributed by atoms with E-state index in [0.29, 0.717) is 6.42 Å². The van der Waals surface area contributed by atoms with E-state index in [2.05, 4.69) is 0 Å². The van der Waals surface area contributed by atoms with Gasteiger partial charge in [0.25, 0.3) is 0 Å². The number of carbonyl (C=O) groups is 3. The number of ketones is 2. The van der Waals surface area contributed by atoms with E-state index in [-0.39, 0.29) is 12.2 Å². The first kappa shape index (κ1) is 13.1. The van der Waals surface area contributed by atoms with Gasteiger partial charge in [0, 0.05) is 6.42 Å². The molecule has 0 amide bonds. The quantitative estimate of drug-likeness (QED) is 0.597. The first-order chi connectivity index (χ1) is 8.02. The van der Waals surface area contributed by atoms with Crippen molar-refractivity contribution in [2.24, 2.45) is 5.92 Å². The summed E-state index contributed by atoms with van der Waals surface area (Å²) in [5.74, 6) is -3.98. The number of carboxylic acid groups (broad SMARTS) is 1. The van der Waals surface area contributed by atoms with E-state index in [1.54, 1.807) is 0 Å². The third-order valence-corrected chi connectivity index (χ3v) is 2.59. The topological polar surface area (TPSA) is 71.4 Å². The Morgan fingerprint density at radius 1 is 1.18 bits per heavy atom. The number of hydrogen-bond acceptors (Lipinski definition) is 3. The van der Waals surface area contributed by atoms with Crippen molar-refractivity contribution in [3.8, 4) is 0 Å². The van der Waals surface area contributed by atoms with Gasteiger partial charge in [-0.05, 0) is 18.9 Å². The van der Waals surface area contributed by atoms with Gasteiger partial charge in [0.15, 0.2) is 0 Å². The lowest BCUT2D eigenvalue weighted by molar-refractivity contribution is -0.152. The molecule has 4 heteroatoms. The molecule has 0 aliphatic heterocycles. The molecule has 0 aliphatic rings. The van der Waals surface area contributed by atoms with Crippen LogP contribution in [0.5, 0.6) is 0 Å². The number of benzene rings is 1. The van der Waals surface area contributed by atoms with E-state index in [9.17, 15) is 14.4 Å². The molecule has 0 heterocycles. The van der Waals surface area contributed by atoms with Gasteiger partial charge in [0.05, 0.1) is 5.92 Å². The smallest absolute Gasteiger partial charge is 0.372 e. The minimum absolute atomic E-state index is 0.185. The number of Topliss-reactive ketones (excluding diaryl/α,β-unsaturated/α-hetero) is 2. The monoisotopic (exact) mass is 234 g/mol. The standard InChI is InChI=1S/C13H14O4/c1-9(12(15)13(16)17)11(14)8-7-10-5-3-2-4-6-10/h2-6,9H,7-8H2,1H3,(H,16,17). The highest BCUT2D eigenvalue weighted by Crippen LogP contribution is 2.08. The summed E-state index contributed by atoms with van der Waals surface area (Å²) in [6.07, 6.45) is 0.709. The van der Waals surface area contributed by atoms with Crippen LogP contribution in [-0.2, 0) is 20.8 Å². The minimum Gasteiger partial charge on any atom is -0.475 e. The fourth-order valence-electron chi connectivity index (χ4n) is 1.46. The molecular formula is C13H14O4. The zero-order valence-electron chi connectivity index (χ0n) is 9.55. The van der Waals surface area contributed by atoms with Crippen LogP contribution >= 0.6 is 0 Å². The molecule has 0 saturated heterocycles. The van der Waals surface area contributed by atoms with Crippen LogP contribution in [0.4, 0.5) is 0 Å². The number of carboxylic acids is 1. The Kier molecular flexibility index (Phi) is 4.57. The third-order valence-electron chi connectivity index (χ3n) is 2.59. The molecule has 0 fully saturated rings. The van der Waals surface area contributed by atoms with Gasteiger partial charge < -0.3 is 5.11 Å². The Bertz CT molecular complexity index is 422. The SMILES string of the molecule is CC(C(=O)CCc1ccccc1)C(=O)C(=O)O. The summed E-state index contributed by atoms with van der Waals surface area (Å²) in [6, 6.07) is 9.38. The van der Waals surface area contributed by atoms with Crippen LogP contribution in [-0.4, -0.2) is 22.6 Å². The number of aryl methyl sites for hydroxylation is 1. The minimum atomic E-state index is -1.55. The lowest BCUT2D eigenvalue weighted by Gasteiger charge is -2.06. The van der Waals surface area contributed by atoms with E-state index in [1.165, 1.54) is 6.92 Å². The maximum absolute atomic E-state index is 11.6. The Labute approximate surface area is 99.3 Å². The van der Waals surface area contributed by atoms with Crippen LogP contribution in [0.1, 0.15) is 18.9 Å². The maximum Gasteiger partial charge on any atom is 0.372 e. The number of carbonyl (C=O) groups excluding carboxylic acids is 2. The van der Waals surface area contributed by atoms with Gasteiger partial charge in [-0.2, -0.15) is 0 Å². The molecule has 0 saturated carbocycles. The molecule has 90 valence electrons. The predicted octanol–water partition coefficient (Wildman–Crippen LogP) is 1.48. The predicted molar refractivity (Wildman–Crippen MR) is 61.6 cm³/mol. The Morgan fingerprint density at radius 2 is 1.76 bits per heavy atom. The van der Waals surface area contributed by atoms with Crippen molar-refractivity contribution in [1.29, 1.82) is 0 Å². The van der Waals surface area contributed by atoms with E-state index >= 15 is 0 Å². The Morgan fingerprint density at radius 3 is 2.29 bits per heavy atom. The molecule has 1 atom stereocenters. The maximum atomic E-state index is 11.6. The van der Waals surface area contributed by atoms with Crippen LogP contribution in [0.25, 0.3) is 0 Å². The van der Waals surface area contributed by atoms with Gasteiger partial charge in [-0.1, -0.05) is 30.3 Å². The molecule has 0 radical (unpaired) electrons. The van der Waals surface area contributed by atoms with Gasteiger partial charge in [-0.25, -0.2) is 4.79 Å². The highest BCUT2D eigenvalue weighted by Gasteiger charge is 2.26. The van der Waals surface area contributed by atoms with Crippen LogP contribution in [0, 0.1) is 5.92 Å². The van der Waals surface area contributed by atoms with Crippen molar-refractivity contribution in [2.75, 3.05) is 0 Å². The van der Waals surface area contributed by atoms with Crippen LogP contribution in [0.15, 0.2) is 30.3 Å². The summed E-state index contributed by atoms with van der Waals surface area (Å²) in [4.78, 5) is 33.1. The molecule has 1 unspecified atom stereocenters. The van der Waals surface area contributed by atoms with Gasteiger partial charge in [-0.15, -0.1) is 0 Å². The second-order valence-corrected chi connectivity index (χ2v) is 3.84. The van der Waals surface area contributed by atoms with Crippen LogP contribution < -0.4 is 0 Å². The van der Waals surface area contributed by atoms with Gasteiger partial charge in [0.2, 0.25) is 5.78 Å². The summed E-state index contributed by atoms with van der Waals surface area (Å²) in [6.45, 7) is 1.34. The second-order valence-electron chi connectivity index (χ2n) is 3.84. The van der Waals surface area contributed by atoms with Crippen molar-refractivity contribution >= 4 is 17.5 Å². The summed E-state index contributed by atoms with van der Waals surface area (Å²) < 4.78 is 0. The molecule has 0 aromatic heterocycles. The van der Waals surface area contributed by atoms with Crippen molar-refractivity contribution in [2.45, 2.75) is 19.8 Å². The first-order valence-corrected chi connectivity index (χ1v) is 5.36. The summed E-state index contributed by atoms with van der Waals surface area (Å²) >= 11 is 0. The van der Waals surface area contributed by atoms with Crippen molar-refractivity contribution < 1.29 is 19.5 Å². The van der Waals surface area contributed by atoms with Crippen LogP contribution in [0.3, 0.4) is 0 Å². The first-order valence-electron chi connectivity index (χ1n) is 5.36. The van der Waals surface area contributed by atoms with Crippen LogP contribution in [0.2, 0.25) is 0 Å². The lowest BCUT2D eigenvalue weighted by atomic mass is 9.96. The van der Waals surface area contributed by atoms with Gasteiger partial charge >= 0.3 is 5.97 Å². The molecule has 1 rings (SSSR count). The lowest BCUT2D eigenvalue weighted by Crippen LogP contribution is -2.27. The second kappa shape index (κ2) is 5.94. The molecule has 17 heavy (non-hydrogen) atoms. The highest BCUT2D eigenvalue weighted by molar-refractivity contribution is 6.37. The van der Waals surface area contributed by atoms with E-state index in [4.69, 9.17) is 5.11 Å². The van der Waals surface area contributed by atoms with Gasteiger partial charge in [0.1, 0.15) is 5.78 Å². The Hall–Kier alpha value is -1.97. The molecular weight excluding hydrogens is 220 g/mol. The summed E-state index contributed by atoms with van der Waals surface area (Å²) in [5, 5.41) is 8.48. The summed E-state index contributed by atoms with van der Waals surface area (Å²) in [7, 11) is 0. The number of hydrogen-bond donors (Lipinski definition) is 1. The molecule has 1 aromatic carbocycles. The third kappa shape index (κ3) is 3.83. The van der Waals surface area contributed by atoms with E-state index in [1.807, 2.05) is 30.3 Å². The molecule has 0 aliphatic carbocycles. The van der Waals surface area contributed by atoms with Gasteiger partial charge in [-0.3, -0.25) is 9.59 Å². The zero-order chi connectivity index (χ0) is 12.8.